The lowest BCUT2D eigenvalue weighted by Crippen LogP contribution is -2.12. The highest BCUT2D eigenvalue weighted by Crippen LogP contribution is 2.22. The molecule has 0 radical (unpaired) electrons. The van der Waals surface area contributed by atoms with Crippen molar-refractivity contribution < 1.29 is 9.47 Å². The molecule has 0 fully saturated rings. The molecule has 21 heavy (non-hydrogen) atoms. The molecule has 0 saturated carbocycles. The fourth-order valence-corrected chi connectivity index (χ4v) is 2.10. The molecule has 0 atom stereocenters. The molecule has 0 aliphatic heterocycles. The van der Waals surface area contributed by atoms with Gasteiger partial charge in [0.2, 0.25) is 0 Å². The SMILES string of the molecule is COc1ccc(C)cc1COc1ccc(CC(=N)N)cc1. The number of nitrogens with two attached hydrogens (primary N) is 1. The first-order valence-electron chi connectivity index (χ1n) is 6.76. The molecule has 3 N–H and O–H groups in total. The van der Waals surface area contributed by atoms with Crippen molar-refractivity contribution in [2.75, 3.05) is 7.11 Å². The average molecular weight is 284 g/mol. The Morgan fingerprint density at radius 2 is 1.86 bits per heavy atom. The molecule has 0 aliphatic rings. The molecule has 2 aromatic carbocycles. The fraction of sp³-hybridized carbons (Fsp3) is 0.235. The Morgan fingerprint density at radius 3 is 2.48 bits per heavy atom. The lowest BCUT2D eigenvalue weighted by Gasteiger charge is -2.11. The number of benzene rings is 2. The van der Waals surface area contributed by atoms with Crippen molar-refractivity contribution >= 4 is 5.84 Å². The van der Waals surface area contributed by atoms with Gasteiger partial charge in [0.05, 0.1) is 12.9 Å². The van der Waals surface area contributed by atoms with Crippen molar-refractivity contribution in [2.45, 2.75) is 20.0 Å². The van der Waals surface area contributed by atoms with Gasteiger partial charge in [-0.2, -0.15) is 0 Å². The van der Waals surface area contributed by atoms with E-state index in [-0.39, 0.29) is 5.84 Å². The highest BCUT2D eigenvalue weighted by Gasteiger charge is 2.04. The first kappa shape index (κ1) is 14.9. The minimum atomic E-state index is 0.160. The van der Waals surface area contributed by atoms with Crippen LogP contribution < -0.4 is 15.2 Å². The van der Waals surface area contributed by atoms with Crippen LogP contribution in [-0.4, -0.2) is 12.9 Å². The zero-order chi connectivity index (χ0) is 15.2. The van der Waals surface area contributed by atoms with Crippen LogP contribution in [0.4, 0.5) is 0 Å². The number of methoxy groups -OCH3 is 1. The number of hydrogen-bond acceptors (Lipinski definition) is 3. The normalized spacial score (nSPS) is 10.2. The van der Waals surface area contributed by atoms with E-state index in [0.717, 1.165) is 22.6 Å². The molecule has 0 bridgehead atoms. The molecule has 0 unspecified atom stereocenters. The molecule has 4 heteroatoms. The third kappa shape index (κ3) is 4.24. The van der Waals surface area contributed by atoms with E-state index in [2.05, 4.69) is 6.07 Å². The van der Waals surface area contributed by atoms with Crippen molar-refractivity contribution in [3.8, 4) is 11.5 Å². The van der Waals surface area contributed by atoms with Crippen LogP contribution in [-0.2, 0) is 13.0 Å². The van der Waals surface area contributed by atoms with E-state index in [1.54, 1.807) is 7.11 Å². The second kappa shape index (κ2) is 6.79. The Labute approximate surface area is 125 Å². The summed E-state index contributed by atoms with van der Waals surface area (Å²) < 4.78 is 11.1. The smallest absolute Gasteiger partial charge is 0.125 e. The van der Waals surface area contributed by atoms with Gasteiger partial charge in [-0.05, 0) is 36.8 Å². The molecule has 0 amide bonds. The quantitative estimate of drug-likeness (QED) is 0.632. The molecule has 2 rings (SSSR count). The minimum Gasteiger partial charge on any atom is -0.496 e. The monoisotopic (exact) mass is 284 g/mol. The van der Waals surface area contributed by atoms with E-state index in [1.165, 1.54) is 5.56 Å². The summed E-state index contributed by atoms with van der Waals surface area (Å²) >= 11 is 0. The average Bonchev–Trinajstić information content (AvgIpc) is 2.46. The molecule has 0 spiro atoms. The van der Waals surface area contributed by atoms with Crippen LogP contribution in [0.2, 0.25) is 0 Å². The lowest BCUT2D eigenvalue weighted by atomic mass is 10.1. The van der Waals surface area contributed by atoms with Crippen molar-refractivity contribution in [3.63, 3.8) is 0 Å². The topological polar surface area (TPSA) is 68.3 Å². The summed E-state index contributed by atoms with van der Waals surface area (Å²) in [5, 5.41) is 7.28. The highest BCUT2D eigenvalue weighted by molar-refractivity contribution is 5.79. The second-order valence-electron chi connectivity index (χ2n) is 4.95. The number of nitrogens with one attached hydrogen (secondary N) is 1. The van der Waals surface area contributed by atoms with E-state index in [1.807, 2.05) is 43.3 Å². The van der Waals surface area contributed by atoms with Crippen LogP contribution in [0.1, 0.15) is 16.7 Å². The van der Waals surface area contributed by atoms with Gasteiger partial charge >= 0.3 is 0 Å². The maximum absolute atomic E-state index is 7.28. The number of aryl methyl sites for hydroxylation is 1. The van der Waals surface area contributed by atoms with Gasteiger partial charge in [-0.15, -0.1) is 0 Å². The Bertz CT molecular complexity index is 621. The van der Waals surface area contributed by atoms with Gasteiger partial charge in [-0.3, -0.25) is 5.41 Å². The molecule has 110 valence electrons. The first-order valence-corrected chi connectivity index (χ1v) is 6.76. The van der Waals surface area contributed by atoms with Crippen LogP contribution in [0, 0.1) is 12.3 Å². The van der Waals surface area contributed by atoms with Gasteiger partial charge in [0.1, 0.15) is 18.1 Å². The van der Waals surface area contributed by atoms with Gasteiger partial charge in [0.15, 0.2) is 0 Å². The van der Waals surface area contributed by atoms with Crippen LogP contribution in [0.5, 0.6) is 11.5 Å². The zero-order valence-corrected chi connectivity index (χ0v) is 12.3. The largest absolute Gasteiger partial charge is 0.496 e. The minimum absolute atomic E-state index is 0.160. The Kier molecular flexibility index (Phi) is 4.82. The summed E-state index contributed by atoms with van der Waals surface area (Å²) in [7, 11) is 1.66. The van der Waals surface area contributed by atoms with Gasteiger partial charge < -0.3 is 15.2 Å². The van der Waals surface area contributed by atoms with E-state index in [0.29, 0.717) is 13.0 Å². The summed E-state index contributed by atoms with van der Waals surface area (Å²) in [5.41, 5.74) is 8.58. The number of hydrogen-bond donors (Lipinski definition) is 2. The van der Waals surface area contributed by atoms with E-state index >= 15 is 0 Å². The van der Waals surface area contributed by atoms with Crippen LogP contribution in [0.25, 0.3) is 0 Å². The Morgan fingerprint density at radius 1 is 1.14 bits per heavy atom. The number of ether oxygens (including phenoxy) is 2. The van der Waals surface area contributed by atoms with E-state index in [9.17, 15) is 0 Å². The molecule has 4 nitrogen and oxygen atoms in total. The molecular weight excluding hydrogens is 264 g/mol. The zero-order valence-electron chi connectivity index (χ0n) is 12.3. The van der Waals surface area contributed by atoms with E-state index in [4.69, 9.17) is 20.6 Å². The molecule has 0 aromatic heterocycles. The van der Waals surface area contributed by atoms with Crippen molar-refractivity contribution in [2.24, 2.45) is 5.73 Å². The predicted molar refractivity (Wildman–Crippen MR) is 84.1 cm³/mol. The fourth-order valence-electron chi connectivity index (χ4n) is 2.10. The summed E-state index contributed by atoms with van der Waals surface area (Å²) in [6.07, 6.45) is 0.464. The van der Waals surface area contributed by atoms with Crippen molar-refractivity contribution in [1.82, 2.24) is 0 Å². The first-order chi connectivity index (χ1) is 10.1. The summed E-state index contributed by atoms with van der Waals surface area (Å²) in [6, 6.07) is 13.6. The second-order valence-corrected chi connectivity index (χ2v) is 4.95. The third-order valence-corrected chi connectivity index (χ3v) is 3.15. The van der Waals surface area contributed by atoms with Gasteiger partial charge in [0, 0.05) is 12.0 Å². The molecule has 0 heterocycles. The van der Waals surface area contributed by atoms with Gasteiger partial charge in [-0.1, -0.05) is 23.8 Å². The van der Waals surface area contributed by atoms with Crippen LogP contribution in [0.15, 0.2) is 42.5 Å². The predicted octanol–water partition coefficient (Wildman–Crippen LogP) is 3.06. The highest BCUT2D eigenvalue weighted by atomic mass is 16.5. The molecular formula is C17H20N2O2. The summed E-state index contributed by atoms with van der Waals surface area (Å²) in [6.45, 7) is 2.50. The molecule has 0 saturated heterocycles. The van der Waals surface area contributed by atoms with Crippen LogP contribution in [0.3, 0.4) is 0 Å². The Hall–Kier alpha value is -2.49. The maximum atomic E-state index is 7.28. The maximum Gasteiger partial charge on any atom is 0.125 e. The molecule has 2 aromatic rings. The third-order valence-electron chi connectivity index (χ3n) is 3.15. The number of rotatable bonds is 6. The van der Waals surface area contributed by atoms with Gasteiger partial charge in [0.25, 0.3) is 0 Å². The van der Waals surface area contributed by atoms with Crippen molar-refractivity contribution in [3.05, 3.63) is 59.2 Å². The number of amidine groups is 1. The van der Waals surface area contributed by atoms with E-state index < -0.39 is 0 Å². The Balaban J connectivity index is 2.03. The molecule has 0 aliphatic carbocycles. The standard InChI is InChI=1S/C17H20N2O2/c1-12-3-8-16(20-2)14(9-12)11-21-15-6-4-13(5-7-15)10-17(18)19/h3-9H,10-11H2,1-2H3,(H3,18,19). The van der Waals surface area contributed by atoms with Crippen LogP contribution >= 0.6 is 0 Å². The lowest BCUT2D eigenvalue weighted by molar-refractivity contribution is 0.296. The summed E-state index contributed by atoms with van der Waals surface area (Å²) in [4.78, 5) is 0. The summed E-state index contributed by atoms with van der Waals surface area (Å²) in [5.74, 6) is 1.77. The van der Waals surface area contributed by atoms with Gasteiger partial charge in [-0.25, -0.2) is 0 Å². The van der Waals surface area contributed by atoms with Crippen molar-refractivity contribution in [1.29, 1.82) is 5.41 Å².